The first-order valence-corrected chi connectivity index (χ1v) is 18.1. The molecule has 8 rings (SSSR count). The van der Waals surface area contributed by atoms with Gasteiger partial charge in [0.1, 0.15) is 17.3 Å². The number of imide groups is 2. The largest absolute Gasteiger partial charge is 0.508 e. The molecule has 4 aromatic carbocycles. The van der Waals surface area contributed by atoms with E-state index in [1.165, 1.54) is 29.2 Å². The SMILES string of the molecule is Cc1cc(C2C3=CCC4C(=O)N(CCc5ccc(O)cc5)C(=O)C4C3CC3C(=O)N(Nc4ccc(F)cc4)C(=O)C32c2ccc(Cl)cc2)cc(C)c1O. The lowest BCUT2D eigenvalue weighted by molar-refractivity contribution is -0.141. The molecule has 0 aromatic heterocycles. The molecule has 4 aromatic rings. The van der Waals surface area contributed by atoms with Crippen LogP contribution in [0.3, 0.4) is 0 Å². The van der Waals surface area contributed by atoms with Gasteiger partial charge in [-0.15, -0.1) is 0 Å². The molecule has 4 aliphatic rings. The second-order valence-corrected chi connectivity index (χ2v) is 15.1. The number of carbonyl (C=O) groups is 4. The van der Waals surface area contributed by atoms with Gasteiger partial charge in [-0.05, 0) is 115 Å². The summed E-state index contributed by atoms with van der Waals surface area (Å²) in [4.78, 5) is 59.8. The normalized spacial score (nSPS) is 26.3. The van der Waals surface area contributed by atoms with Crippen LogP contribution in [0, 0.1) is 43.3 Å². The van der Waals surface area contributed by atoms with Crippen LogP contribution in [-0.4, -0.2) is 50.3 Å². The molecule has 0 bridgehead atoms. The van der Waals surface area contributed by atoms with Crippen LogP contribution in [0.15, 0.2) is 96.6 Å². The zero-order chi connectivity index (χ0) is 37.3. The van der Waals surface area contributed by atoms with Crippen LogP contribution in [0.2, 0.25) is 5.02 Å². The number of hydrazine groups is 1. The first kappa shape index (κ1) is 34.6. The summed E-state index contributed by atoms with van der Waals surface area (Å²) in [5, 5.41) is 22.0. The molecule has 9 nitrogen and oxygen atoms in total. The van der Waals surface area contributed by atoms with Gasteiger partial charge in [-0.1, -0.05) is 59.6 Å². The molecule has 2 aliphatic carbocycles. The third-order valence-electron chi connectivity index (χ3n) is 11.8. The van der Waals surface area contributed by atoms with Crippen molar-refractivity contribution in [2.75, 3.05) is 12.0 Å². The number of nitrogens with zero attached hydrogens (tertiary/aromatic N) is 2. The van der Waals surface area contributed by atoms with Crippen molar-refractivity contribution in [1.29, 1.82) is 0 Å². The van der Waals surface area contributed by atoms with Gasteiger partial charge in [0.25, 0.3) is 11.8 Å². The summed E-state index contributed by atoms with van der Waals surface area (Å²) in [5.74, 6) is -5.47. The summed E-state index contributed by atoms with van der Waals surface area (Å²) in [7, 11) is 0. The molecule has 6 unspecified atom stereocenters. The minimum absolute atomic E-state index is 0.116. The Bertz CT molecular complexity index is 2180. The van der Waals surface area contributed by atoms with Gasteiger partial charge in [0.15, 0.2) is 0 Å². The third-order valence-corrected chi connectivity index (χ3v) is 12.0. The minimum Gasteiger partial charge on any atom is -0.508 e. The smallest absolute Gasteiger partial charge is 0.260 e. The predicted molar refractivity (Wildman–Crippen MR) is 195 cm³/mol. The summed E-state index contributed by atoms with van der Waals surface area (Å²) in [6.45, 7) is 3.72. The van der Waals surface area contributed by atoms with E-state index in [9.17, 15) is 29.0 Å². The molecule has 2 aliphatic heterocycles. The van der Waals surface area contributed by atoms with E-state index in [1.54, 1.807) is 62.4 Å². The number of amides is 4. The van der Waals surface area contributed by atoms with Gasteiger partial charge >= 0.3 is 0 Å². The molecule has 2 saturated heterocycles. The number of hydrogen-bond acceptors (Lipinski definition) is 7. The Balaban J connectivity index is 1.27. The fourth-order valence-electron chi connectivity index (χ4n) is 9.38. The lowest BCUT2D eigenvalue weighted by atomic mass is 9.49. The summed E-state index contributed by atoms with van der Waals surface area (Å²) in [5.41, 5.74) is 5.88. The van der Waals surface area contributed by atoms with Gasteiger partial charge < -0.3 is 10.2 Å². The number of phenols is 2. The first-order valence-electron chi connectivity index (χ1n) is 17.7. The Labute approximate surface area is 310 Å². The standard InChI is InChI=1S/C42H37ClFN3O6/c1-22-19-25(20-23(2)37(22)49)36-31-15-16-32-35(40(52)46(38(32)50)18-17-24-3-13-30(48)14-4-24)33(31)21-34-39(51)47(45-29-11-9-28(44)10-12-29)41(53)42(34,36)26-5-7-27(43)8-6-26/h3-15,19-20,32-36,45,48-49H,16-18,21H2,1-2H3. The molecule has 0 radical (unpaired) electrons. The van der Waals surface area contributed by atoms with Gasteiger partial charge in [0.2, 0.25) is 11.8 Å². The van der Waals surface area contributed by atoms with Crippen molar-refractivity contribution in [1.82, 2.24) is 9.91 Å². The second kappa shape index (κ2) is 12.9. The van der Waals surface area contributed by atoms with E-state index in [-0.39, 0.29) is 42.7 Å². The maximum Gasteiger partial charge on any atom is 0.260 e. The highest BCUT2D eigenvalue weighted by Gasteiger charge is 2.70. The van der Waals surface area contributed by atoms with Gasteiger partial charge in [-0.3, -0.25) is 29.5 Å². The van der Waals surface area contributed by atoms with Crippen molar-refractivity contribution in [3.8, 4) is 11.5 Å². The third kappa shape index (κ3) is 5.41. The number of hydrogen-bond donors (Lipinski definition) is 3. The summed E-state index contributed by atoms with van der Waals surface area (Å²) in [6.07, 6.45) is 2.81. The molecular weight excluding hydrogens is 697 g/mol. The maximum absolute atomic E-state index is 15.3. The highest BCUT2D eigenvalue weighted by molar-refractivity contribution is 6.30. The number of fused-ring (bicyclic) bond motifs is 4. The van der Waals surface area contributed by atoms with Crippen molar-refractivity contribution >= 4 is 40.9 Å². The zero-order valence-corrected chi connectivity index (χ0v) is 29.8. The number of anilines is 1. The van der Waals surface area contributed by atoms with Gasteiger partial charge in [0.05, 0.1) is 28.9 Å². The Kier molecular flexibility index (Phi) is 8.41. The molecule has 11 heteroatoms. The molecule has 0 spiro atoms. The van der Waals surface area contributed by atoms with E-state index in [0.717, 1.165) is 16.1 Å². The number of phenolic OH excluding ortho intramolecular Hbond substituents is 2. The summed E-state index contributed by atoms with van der Waals surface area (Å²) >= 11 is 6.37. The number of halogens is 2. The highest BCUT2D eigenvalue weighted by atomic mass is 35.5. The molecule has 3 N–H and O–H groups in total. The lowest BCUT2D eigenvalue weighted by Crippen LogP contribution is -2.53. The van der Waals surface area contributed by atoms with E-state index in [4.69, 9.17) is 11.6 Å². The van der Waals surface area contributed by atoms with Gasteiger partial charge in [0, 0.05) is 17.5 Å². The van der Waals surface area contributed by atoms with Gasteiger partial charge in [-0.25, -0.2) is 4.39 Å². The lowest BCUT2D eigenvalue weighted by Gasteiger charge is -2.50. The molecule has 3 fully saturated rings. The van der Waals surface area contributed by atoms with Crippen LogP contribution in [0.4, 0.5) is 10.1 Å². The second-order valence-electron chi connectivity index (χ2n) is 14.6. The fraction of sp³-hybridized carbons (Fsp3) is 0.286. The number of nitrogens with one attached hydrogen (secondary N) is 1. The molecule has 270 valence electrons. The Morgan fingerprint density at radius 2 is 1.51 bits per heavy atom. The van der Waals surface area contributed by atoms with E-state index >= 15 is 4.79 Å². The summed E-state index contributed by atoms with van der Waals surface area (Å²) < 4.78 is 13.9. The van der Waals surface area contributed by atoms with Crippen LogP contribution >= 0.6 is 11.6 Å². The van der Waals surface area contributed by atoms with Crippen LogP contribution in [0.5, 0.6) is 11.5 Å². The van der Waals surface area contributed by atoms with E-state index in [0.29, 0.717) is 39.4 Å². The van der Waals surface area contributed by atoms with Crippen molar-refractivity contribution in [3.05, 3.63) is 135 Å². The van der Waals surface area contributed by atoms with Crippen LogP contribution in [0.25, 0.3) is 0 Å². The Morgan fingerprint density at radius 3 is 2.17 bits per heavy atom. The molecule has 4 amide bonds. The average Bonchev–Trinajstić information content (AvgIpc) is 3.51. The first-order chi connectivity index (χ1) is 25.4. The quantitative estimate of drug-likeness (QED) is 0.142. The molecule has 1 saturated carbocycles. The molecule has 6 atom stereocenters. The highest BCUT2D eigenvalue weighted by Crippen LogP contribution is 2.64. The Hall–Kier alpha value is -5.48. The van der Waals surface area contributed by atoms with Crippen LogP contribution < -0.4 is 5.43 Å². The average molecular weight is 734 g/mol. The van der Waals surface area contributed by atoms with E-state index in [2.05, 4.69) is 5.43 Å². The molecule has 53 heavy (non-hydrogen) atoms. The van der Waals surface area contributed by atoms with E-state index < -0.39 is 52.6 Å². The number of rotatable bonds is 7. The van der Waals surface area contributed by atoms with Crippen LogP contribution in [0.1, 0.15) is 46.6 Å². The minimum atomic E-state index is -1.51. The number of benzene rings is 4. The number of carbonyl (C=O) groups excluding carboxylic acids is 4. The number of likely N-dealkylation sites (tertiary alicyclic amines) is 1. The van der Waals surface area contributed by atoms with Crippen molar-refractivity contribution in [2.45, 2.75) is 44.4 Å². The van der Waals surface area contributed by atoms with E-state index in [1.807, 2.05) is 18.2 Å². The Morgan fingerprint density at radius 1 is 0.849 bits per heavy atom. The van der Waals surface area contributed by atoms with Crippen molar-refractivity contribution in [3.63, 3.8) is 0 Å². The monoisotopic (exact) mass is 733 g/mol. The fourth-order valence-corrected chi connectivity index (χ4v) is 9.50. The maximum atomic E-state index is 15.3. The zero-order valence-electron chi connectivity index (χ0n) is 29.1. The predicted octanol–water partition coefficient (Wildman–Crippen LogP) is 6.73. The van der Waals surface area contributed by atoms with Crippen LogP contribution in [-0.2, 0) is 31.0 Å². The van der Waals surface area contributed by atoms with Crippen molar-refractivity contribution < 1.29 is 33.8 Å². The summed E-state index contributed by atoms with van der Waals surface area (Å²) in [6, 6.07) is 22.5. The number of allylic oxidation sites excluding steroid dienone is 2. The number of aryl methyl sites for hydroxylation is 2. The van der Waals surface area contributed by atoms with Gasteiger partial charge in [-0.2, -0.15) is 5.01 Å². The molecular formula is C42H37ClFN3O6. The topological polar surface area (TPSA) is 127 Å². The molecule has 2 heterocycles. The van der Waals surface area contributed by atoms with Crippen molar-refractivity contribution in [2.24, 2.45) is 23.7 Å². The number of aromatic hydroxyl groups is 2.